The number of hydrogen-bond acceptors (Lipinski definition) is 2. The molecule has 4 aromatic carbocycles. The van der Waals surface area contributed by atoms with Gasteiger partial charge in [-0.1, -0.05) is 156 Å². The van der Waals surface area contributed by atoms with Crippen LogP contribution < -0.4 is 0 Å². The molecule has 0 radical (unpaired) electrons. The summed E-state index contributed by atoms with van der Waals surface area (Å²) in [7, 11) is 0. The normalized spacial score (nSPS) is 20.7. The standard InChI is InChI=1S/C60H44O2/c1-37-15-23-41(24-16-37)57-49-35-50(46-12-8-5-7-11-45(46)49)58(42-25-17-38(2)18-26-42)55-33-34-56(62-55)60(44-29-21-40(4)22-30-44)52-36-51(47-13-9-6-10-14-48(47)52)59(54-32-31-53(57)61-54)43-27-19-39(3)20-28-43/h5-11,13,15-34,57-60H,1-4H3/t57-,58+,59+,60-. The van der Waals surface area contributed by atoms with Gasteiger partial charge in [-0.3, -0.25) is 0 Å². The van der Waals surface area contributed by atoms with Crippen molar-refractivity contribution >= 4 is 0 Å². The van der Waals surface area contributed by atoms with E-state index >= 15 is 0 Å². The number of fused-ring (bicyclic) bond motifs is 10. The first-order valence-corrected chi connectivity index (χ1v) is 21.5. The minimum atomic E-state index is -0.275. The van der Waals surface area contributed by atoms with Gasteiger partial charge in [0.1, 0.15) is 23.0 Å². The van der Waals surface area contributed by atoms with E-state index in [0.717, 1.165) is 89.9 Å². The van der Waals surface area contributed by atoms with Gasteiger partial charge in [0.15, 0.2) is 0 Å². The Morgan fingerprint density at radius 1 is 0.339 bits per heavy atom. The first-order chi connectivity index (χ1) is 30.4. The van der Waals surface area contributed by atoms with Crippen molar-refractivity contribution in [2.24, 2.45) is 0 Å². The van der Waals surface area contributed by atoms with Gasteiger partial charge in [-0.25, -0.2) is 0 Å². The van der Waals surface area contributed by atoms with Crippen LogP contribution >= 0.6 is 0 Å². The average Bonchev–Trinajstić information content (AvgIpc) is 4.02. The van der Waals surface area contributed by atoms with Crippen molar-refractivity contribution < 1.29 is 8.83 Å². The third-order valence-electron chi connectivity index (χ3n) is 12.8. The molecule has 11 rings (SSSR count). The van der Waals surface area contributed by atoms with Crippen molar-refractivity contribution in [3.05, 3.63) is 305 Å². The third-order valence-corrected chi connectivity index (χ3v) is 12.8. The molecule has 0 unspecified atom stereocenters. The summed E-state index contributed by atoms with van der Waals surface area (Å²) in [6.45, 7) is 8.54. The van der Waals surface area contributed by atoms with Gasteiger partial charge in [0.05, 0.1) is 23.7 Å². The highest BCUT2D eigenvalue weighted by Crippen LogP contribution is 2.53. The Labute approximate surface area is 363 Å². The molecule has 6 aromatic rings. The summed E-state index contributed by atoms with van der Waals surface area (Å²) in [5, 5.41) is 0. The van der Waals surface area contributed by atoms with E-state index in [1.165, 1.54) is 22.3 Å². The number of rotatable bonds is 4. The SMILES string of the molecule is Cc1ccc([C@H]2C3=C=C(C4=CC=CC=C=C34)[C@@H](c3ccc(C)cc3)c3ccc(o3)[C@@H](c3ccc(C)cc3)C3=C=C(C4=C=CC=CC=C43)[C@@H](c3ccc(C)cc3)c3ccc2o3)cc1. The van der Waals surface area contributed by atoms with Gasteiger partial charge in [0.25, 0.3) is 0 Å². The van der Waals surface area contributed by atoms with Crippen LogP contribution in [0.1, 0.15) is 91.2 Å². The second kappa shape index (κ2) is 15.2. The Morgan fingerprint density at radius 3 is 0.935 bits per heavy atom. The second-order valence-electron chi connectivity index (χ2n) is 17.1. The highest BCUT2D eigenvalue weighted by atomic mass is 16.3. The summed E-state index contributed by atoms with van der Waals surface area (Å²) in [6.07, 6.45) is 16.8. The van der Waals surface area contributed by atoms with E-state index in [2.05, 4.69) is 208 Å². The van der Waals surface area contributed by atoms with Crippen LogP contribution in [0.4, 0.5) is 0 Å². The molecule has 0 saturated carbocycles. The van der Waals surface area contributed by atoms with E-state index in [1.54, 1.807) is 0 Å². The van der Waals surface area contributed by atoms with Gasteiger partial charge in [0.2, 0.25) is 0 Å². The molecule has 0 fully saturated rings. The Balaban J connectivity index is 1.26. The first-order valence-electron chi connectivity index (χ1n) is 21.5. The number of aryl methyl sites for hydroxylation is 4. The van der Waals surface area contributed by atoms with E-state index in [4.69, 9.17) is 8.83 Å². The first kappa shape index (κ1) is 37.5. The predicted molar refractivity (Wildman–Crippen MR) is 248 cm³/mol. The second-order valence-corrected chi connectivity index (χ2v) is 17.1. The number of benzene rings is 4. The average molecular weight is 797 g/mol. The molecule has 296 valence electrons. The largest absolute Gasteiger partial charge is 0.464 e. The molecule has 0 N–H and O–H groups in total. The van der Waals surface area contributed by atoms with Gasteiger partial charge < -0.3 is 8.83 Å². The van der Waals surface area contributed by atoms with Gasteiger partial charge in [-0.15, -0.1) is 22.9 Å². The molecular weight excluding hydrogens is 753 g/mol. The molecule has 5 aliphatic rings. The lowest BCUT2D eigenvalue weighted by Gasteiger charge is -2.22. The van der Waals surface area contributed by atoms with Crippen LogP contribution in [0.5, 0.6) is 0 Å². The van der Waals surface area contributed by atoms with E-state index in [0.29, 0.717) is 0 Å². The quantitative estimate of drug-likeness (QED) is 0.166. The highest BCUT2D eigenvalue weighted by molar-refractivity contribution is 5.72. The zero-order valence-electron chi connectivity index (χ0n) is 35.3. The lowest BCUT2D eigenvalue weighted by atomic mass is 9.82. The van der Waals surface area contributed by atoms with Crippen molar-refractivity contribution in [3.8, 4) is 0 Å². The van der Waals surface area contributed by atoms with E-state index < -0.39 is 0 Å². The molecule has 0 amide bonds. The lowest BCUT2D eigenvalue weighted by Crippen LogP contribution is -2.08. The molecule has 0 spiro atoms. The van der Waals surface area contributed by atoms with Crippen LogP contribution in [-0.4, -0.2) is 0 Å². The summed E-state index contributed by atoms with van der Waals surface area (Å²) >= 11 is 0. The van der Waals surface area contributed by atoms with E-state index in [1.807, 2.05) is 12.2 Å². The number of hydrogen-bond donors (Lipinski definition) is 0. The molecule has 2 heteroatoms. The summed E-state index contributed by atoms with van der Waals surface area (Å²) in [5.74, 6) is 2.32. The molecule has 0 saturated heterocycles. The van der Waals surface area contributed by atoms with Crippen molar-refractivity contribution in [2.45, 2.75) is 51.4 Å². The van der Waals surface area contributed by atoms with Crippen molar-refractivity contribution in [1.82, 2.24) is 0 Å². The zero-order valence-corrected chi connectivity index (χ0v) is 35.3. The Morgan fingerprint density at radius 2 is 0.629 bits per heavy atom. The molecular formula is C60H44O2. The van der Waals surface area contributed by atoms with Gasteiger partial charge in [0, 0.05) is 44.6 Å². The fourth-order valence-electron chi connectivity index (χ4n) is 9.62. The topological polar surface area (TPSA) is 26.3 Å². The van der Waals surface area contributed by atoms with Crippen LogP contribution in [0.15, 0.2) is 246 Å². The molecule has 62 heavy (non-hydrogen) atoms. The maximum atomic E-state index is 7.35. The van der Waals surface area contributed by atoms with Gasteiger partial charge in [-0.05, 0) is 86.4 Å². The number of furan rings is 2. The van der Waals surface area contributed by atoms with Crippen molar-refractivity contribution in [2.75, 3.05) is 0 Å². The molecule has 2 nitrogen and oxygen atoms in total. The highest BCUT2D eigenvalue weighted by Gasteiger charge is 2.40. The van der Waals surface area contributed by atoms with Crippen LogP contribution in [0.2, 0.25) is 0 Å². The predicted octanol–water partition coefficient (Wildman–Crippen LogP) is 14.4. The fraction of sp³-hybridized carbons (Fsp3) is 0.133. The molecule has 3 heterocycles. The van der Waals surface area contributed by atoms with E-state index in [-0.39, 0.29) is 23.7 Å². The molecule has 4 atom stereocenters. The lowest BCUT2D eigenvalue weighted by molar-refractivity contribution is 0.454. The van der Waals surface area contributed by atoms with Gasteiger partial charge >= 0.3 is 0 Å². The summed E-state index contributed by atoms with van der Waals surface area (Å²) in [5.41, 5.74) is 33.2. The molecule has 4 aliphatic carbocycles. The Bertz CT molecular complexity index is 3000. The van der Waals surface area contributed by atoms with Crippen LogP contribution in [0.3, 0.4) is 0 Å². The van der Waals surface area contributed by atoms with Crippen molar-refractivity contribution in [3.63, 3.8) is 0 Å². The summed E-state index contributed by atoms with van der Waals surface area (Å²) in [4.78, 5) is 0. The monoisotopic (exact) mass is 796 g/mol. The van der Waals surface area contributed by atoms with Crippen LogP contribution in [0, 0.1) is 27.7 Å². The smallest absolute Gasteiger partial charge is 0.116 e. The van der Waals surface area contributed by atoms with E-state index in [9.17, 15) is 0 Å². The Hall–Kier alpha value is -7.52. The molecule has 1 aliphatic heterocycles. The van der Waals surface area contributed by atoms with Crippen LogP contribution in [-0.2, 0) is 0 Å². The minimum absolute atomic E-state index is 0.262. The van der Waals surface area contributed by atoms with Gasteiger partial charge in [-0.2, -0.15) is 0 Å². The summed E-state index contributed by atoms with van der Waals surface area (Å²) in [6, 6.07) is 44.1. The molecule has 8 bridgehead atoms. The maximum Gasteiger partial charge on any atom is 0.116 e. The van der Waals surface area contributed by atoms with Crippen molar-refractivity contribution in [1.29, 1.82) is 0 Å². The Kier molecular flexibility index (Phi) is 9.18. The van der Waals surface area contributed by atoms with Crippen LogP contribution in [0.25, 0.3) is 0 Å². The minimum Gasteiger partial charge on any atom is -0.464 e. The fourth-order valence-corrected chi connectivity index (χ4v) is 9.62. The molecule has 2 aromatic heterocycles. The zero-order chi connectivity index (χ0) is 41.9. The number of allylic oxidation sites excluding steroid dienone is 12. The maximum absolute atomic E-state index is 7.35. The summed E-state index contributed by atoms with van der Waals surface area (Å²) < 4.78 is 14.7. The third kappa shape index (κ3) is 6.48.